The number of nitriles is 2. The Labute approximate surface area is 159 Å². The monoisotopic (exact) mass is 371 g/mol. The lowest BCUT2D eigenvalue weighted by molar-refractivity contribution is -0.133. The minimum atomic E-state index is -0.0683. The Balaban J connectivity index is 1.73. The smallest absolute Gasteiger partial charge is 0.236 e. The number of nitrogens with zero attached hydrogens (tertiary/aromatic N) is 4. The Morgan fingerprint density at radius 2 is 1.89 bits per heavy atom. The molecule has 1 aromatic rings. The van der Waals surface area contributed by atoms with Crippen LogP contribution in [0.1, 0.15) is 31.4 Å². The van der Waals surface area contributed by atoms with Crippen molar-refractivity contribution in [3.05, 3.63) is 24.2 Å². The van der Waals surface area contributed by atoms with Gasteiger partial charge in [-0.3, -0.25) is 14.5 Å². The maximum absolute atomic E-state index is 12.4. The van der Waals surface area contributed by atoms with Crippen LogP contribution in [0.25, 0.3) is 0 Å². The Morgan fingerprint density at radius 3 is 2.44 bits per heavy atom. The molecule has 144 valence electrons. The summed E-state index contributed by atoms with van der Waals surface area (Å²) in [5.41, 5.74) is 0. The second kappa shape index (κ2) is 11.0. The third-order valence-electron chi connectivity index (χ3n) is 4.67. The molecule has 0 aromatic carbocycles. The Hall–Kier alpha value is -2.84. The molecule has 1 aromatic heterocycles. The minimum absolute atomic E-state index is 0.0158. The van der Waals surface area contributed by atoms with Crippen LogP contribution in [0.4, 0.5) is 0 Å². The normalized spacial score (nSPS) is 14.9. The molecule has 27 heavy (non-hydrogen) atoms. The highest BCUT2D eigenvalue weighted by molar-refractivity contribution is 5.79. The van der Waals surface area contributed by atoms with E-state index < -0.39 is 0 Å². The van der Waals surface area contributed by atoms with Crippen LogP contribution in [0.5, 0.6) is 0 Å². The molecule has 2 heterocycles. The third-order valence-corrected chi connectivity index (χ3v) is 4.67. The number of hydrogen-bond donors (Lipinski definition) is 1. The fraction of sp³-hybridized carbons (Fsp3) is 0.579. The van der Waals surface area contributed by atoms with Gasteiger partial charge in [0.15, 0.2) is 0 Å². The van der Waals surface area contributed by atoms with E-state index in [1.807, 2.05) is 23.1 Å². The molecule has 0 spiro atoms. The van der Waals surface area contributed by atoms with E-state index in [0.29, 0.717) is 45.6 Å². The van der Waals surface area contributed by atoms with Crippen molar-refractivity contribution in [2.45, 2.75) is 32.2 Å². The lowest BCUT2D eigenvalue weighted by Gasteiger charge is -2.32. The Morgan fingerprint density at radius 1 is 1.22 bits per heavy atom. The summed E-state index contributed by atoms with van der Waals surface area (Å²) < 4.78 is 5.21. The second-order valence-electron chi connectivity index (χ2n) is 6.54. The zero-order chi connectivity index (χ0) is 19.5. The molecule has 0 radical (unpaired) electrons. The van der Waals surface area contributed by atoms with Crippen molar-refractivity contribution in [1.82, 2.24) is 15.1 Å². The van der Waals surface area contributed by atoms with Crippen LogP contribution in [0.3, 0.4) is 0 Å². The second-order valence-corrected chi connectivity index (χ2v) is 6.54. The number of hydrogen-bond acceptors (Lipinski definition) is 6. The van der Waals surface area contributed by atoms with Crippen LogP contribution >= 0.6 is 0 Å². The first-order valence-electron chi connectivity index (χ1n) is 9.18. The largest absolute Gasteiger partial charge is 0.467 e. The average Bonchev–Trinajstić information content (AvgIpc) is 3.20. The Kier molecular flexibility index (Phi) is 8.34. The number of piperidine rings is 1. The number of likely N-dealkylation sites (tertiary alicyclic amines) is 1. The fourth-order valence-electron chi connectivity index (χ4n) is 3.11. The summed E-state index contributed by atoms with van der Waals surface area (Å²) in [4.78, 5) is 28.3. The predicted molar refractivity (Wildman–Crippen MR) is 96.8 cm³/mol. The molecular weight excluding hydrogens is 346 g/mol. The number of carbonyl (C=O) groups is 2. The van der Waals surface area contributed by atoms with Gasteiger partial charge in [-0.2, -0.15) is 10.5 Å². The van der Waals surface area contributed by atoms with Crippen LogP contribution in [0.15, 0.2) is 22.8 Å². The van der Waals surface area contributed by atoms with Gasteiger partial charge in [-0.15, -0.1) is 0 Å². The number of amides is 2. The van der Waals surface area contributed by atoms with Crippen molar-refractivity contribution in [2.75, 3.05) is 32.7 Å². The lowest BCUT2D eigenvalue weighted by atomic mass is 9.96. The van der Waals surface area contributed by atoms with Crippen LogP contribution in [-0.4, -0.2) is 54.3 Å². The van der Waals surface area contributed by atoms with Crippen molar-refractivity contribution in [2.24, 2.45) is 5.92 Å². The van der Waals surface area contributed by atoms with Crippen molar-refractivity contribution >= 4 is 11.8 Å². The molecule has 0 unspecified atom stereocenters. The first kappa shape index (κ1) is 20.5. The SMILES string of the molecule is N#CCCN(CCC#N)C(=O)CN1CCC(C(=O)NCc2ccco2)CC1. The van der Waals surface area contributed by atoms with Gasteiger partial charge in [-0.25, -0.2) is 0 Å². The molecule has 8 heteroatoms. The van der Waals surface area contributed by atoms with E-state index in [1.165, 1.54) is 0 Å². The highest BCUT2D eigenvalue weighted by Gasteiger charge is 2.26. The van der Waals surface area contributed by atoms with Gasteiger partial charge >= 0.3 is 0 Å². The average molecular weight is 371 g/mol. The number of carbonyl (C=O) groups excluding carboxylic acids is 2. The van der Waals surface area contributed by atoms with Crippen LogP contribution < -0.4 is 5.32 Å². The third kappa shape index (κ3) is 6.76. The van der Waals surface area contributed by atoms with Gasteiger partial charge in [0.1, 0.15) is 5.76 Å². The highest BCUT2D eigenvalue weighted by atomic mass is 16.3. The molecule has 0 aliphatic carbocycles. The first-order valence-corrected chi connectivity index (χ1v) is 9.18. The van der Waals surface area contributed by atoms with E-state index >= 15 is 0 Å². The molecule has 2 amide bonds. The summed E-state index contributed by atoms with van der Waals surface area (Å²) in [6.07, 6.45) is 3.50. The Bertz CT molecular complexity index is 663. The summed E-state index contributed by atoms with van der Waals surface area (Å²) in [5.74, 6) is 0.615. The van der Waals surface area contributed by atoms with Crippen molar-refractivity contribution in [3.63, 3.8) is 0 Å². The van der Waals surface area contributed by atoms with E-state index in [1.54, 1.807) is 17.2 Å². The van der Waals surface area contributed by atoms with E-state index in [4.69, 9.17) is 14.9 Å². The van der Waals surface area contributed by atoms with Crippen molar-refractivity contribution in [1.29, 1.82) is 10.5 Å². The van der Waals surface area contributed by atoms with Gasteiger partial charge in [0.25, 0.3) is 0 Å². The van der Waals surface area contributed by atoms with Crippen LogP contribution in [0, 0.1) is 28.6 Å². The summed E-state index contributed by atoms with van der Waals surface area (Å²) in [7, 11) is 0. The van der Waals surface area contributed by atoms with E-state index in [9.17, 15) is 9.59 Å². The first-order chi connectivity index (χ1) is 13.1. The van der Waals surface area contributed by atoms with E-state index in [0.717, 1.165) is 5.76 Å². The zero-order valence-corrected chi connectivity index (χ0v) is 15.4. The van der Waals surface area contributed by atoms with Gasteiger partial charge in [-0.1, -0.05) is 0 Å². The van der Waals surface area contributed by atoms with Gasteiger partial charge in [0.05, 0.1) is 44.3 Å². The molecule has 1 saturated heterocycles. The molecule has 1 aliphatic rings. The van der Waals surface area contributed by atoms with Gasteiger partial charge in [0.2, 0.25) is 11.8 Å². The predicted octanol–water partition coefficient (Wildman–Crippen LogP) is 1.26. The standard InChI is InChI=1S/C19H25N5O3/c20-7-2-9-24(10-3-8-21)18(25)15-23-11-5-16(6-12-23)19(26)22-14-17-4-1-13-27-17/h1,4,13,16H,2-3,5-6,9-12,14-15H2,(H,22,26). The summed E-state index contributed by atoms with van der Waals surface area (Å²) in [5, 5.41) is 20.3. The van der Waals surface area contributed by atoms with Gasteiger partial charge in [0, 0.05) is 19.0 Å². The number of nitrogens with one attached hydrogen (secondary N) is 1. The molecule has 8 nitrogen and oxygen atoms in total. The topological polar surface area (TPSA) is 113 Å². The van der Waals surface area contributed by atoms with Gasteiger partial charge < -0.3 is 14.6 Å². The van der Waals surface area contributed by atoms with E-state index in [-0.39, 0.29) is 37.1 Å². The molecule has 0 saturated carbocycles. The maximum atomic E-state index is 12.4. The lowest BCUT2D eigenvalue weighted by Crippen LogP contribution is -2.46. The van der Waals surface area contributed by atoms with Gasteiger partial charge in [-0.05, 0) is 38.1 Å². The molecule has 0 atom stereocenters. The number of furan rings is 1. The van der Waals surface area contributed by atoms with Crippen molar-refractivity contribution < 1.29 is 14.0 Å². The van der Waals surface area contributed by atoms with Crippen molar-refractivity contribution in [3.8, 4) is 12.1 Å². The summed E-state index contributed by atoms with van der Waals surface area (Å²) >= 11 is 0. The molecule has 1 N–H and O–H groups in total. The minimum Gasteiger partial charge on any atom is -0.467 e. The molecule has 1 aliphatic heterocycles. The van der Waals surface area contributed by atoms with Crippen LogP contribution in [-0.2, 0) is 16.1 Å². The highest BCUT2D eigenvalue weighted by Crippen LogP contribution is 2.17. The quantitative estimate of drug-likeness (QED) is 0.699. The number of rotatable bonds is 9. The summed E-state index contributed by atoms with van der Waals surface area (Å²) in [6, 6.07) is 7.67. The maximum Gasteiger partial charge on any atom is 0.236 e. The molecular formula is C19H25N5O3. The summed E-state index contributed by atoms with van der Waals surface area (Å²) in [6.45, 7) is 2.70. The zero-order valence-electron chi connectivity index (χ0n) is 15.4. The molecule has 0 bridgehead atoms. The molecule has 2 rings (SSSR count). The van der Waals surface area contributed by atoms with Crippen LogP contribution in [0.2, 0.25) is 0 Å². The molecule has 1 fully saturated rings. The van der Waals surface area contributed by atoms with E-state index in [2.05, 4.69) is 5.32 Å². The fourth-order valence-corrected chi connectivity index (χ4v) is 3.11.